The summed E-state index contributed by atoms with van der Waals surface area (Å²) in [5.74, 6) is 0.251. The number of rotatable bonds is 4. The van der Waals surface area contributed by atoms with Crippen LogP contribution in [0.1, 0.15) is 37.2 Å². The summed E-state index contributed by atoms with van der Waals surface area (Å²) in [6, 6.07) is 4.30. The Bertz CT molecular complexity index is 511. The van der Waals surface area contributed by atoms with Crippen molar-refractivity contribution in [2.75, 3.05) is 26.2 Å². The fraction of sp³-hybridized carbons (Fsp3) is 0.647. The number of hydrogen-bond donors (Lipinski definition) is 3. The molecule has 22 heavy (non-hydrogen) atoms. The van der Waals surface area contributed by atoms with E-state index in [1.807, 2.05) is 0 Å². The van der Waals surface area contributed by atoms with E-state index in [0.717, 1.165) is 50.4 Å². The zero-order valence-electron chi connectivity index (χ0n) is 12.8. The van der Waals surface area contributed by atoms with Crippen LogP contribution in [0.2, 0.25) is 0 Å². The summed E-state index contributed by atoms with van der Waals surface area (Å²) >= 11 is 0. The minimum Gasteiger partial charge on any atom is -0.508 e. The van der Waals surface area contributed by atoms with Gasteiger partial charge in [0, 0.05) is 19.2 Å². The number of likely N-dealkylation sites (tertiary alicyclic amines) is 1. The van der Waals surface area contributed by atoms with Crippen molar-refractivity contribution in [2.45, 2.75) is 37.2 Å². The Hall–Kier alpha value is -1.17. The van der Waals surface area contributed by atoms with E-state index >= 15 is 0 Å². The molecule has 1 unspecified atom stereocenters. The standard InChI is InChI=1S/C17H25FN2O2/c18-15-4-14(5-16(21)6-15)13-2-1-3-20(10-13)11-17(22)7-12(8-17)9-19/h4-6,12-13,21-22H,1-3,7-11,19H2. The van der Waals surface area contributed by atoms with E-state index in [2.05, 4.69) is 4.90 Å². The lowest BCUT2D eigenvalue weighted by molar-refractivity contribution is -0.0936. The summed E-state index contributed by atoms with van der Waals surface area (Å²) in [4.78, 5) is 2.27. The highest BCUT2D eigenvalue weighted by molar-refractivity contribution is 5.31. The average Bonchev–Trinajstić information content (AvgIpc) is 2.43. The van der Waals surface area contributed by atoms with Crippen LogP contribution in [-0.2, 0) is 0 Å². The Labute approximate surface area is 130 Å². The van der Waals surface area contributed by atoms with Gasteiger partial charge in [0.1, 0.15) is 11.6 Å². The van der Waals surface area contributed by atoms with Crippen molar-refractivity contribution in [2.24, 2.45) is 11.7 Å². The van der Waals surface area contributed by atoms with E-state index in [9.17, 15) is 14.6 Å². The van der Waals surface area contributed by atoms with Crippen LogP contribution in [0.25, 0.3) is 0 Å². The number of aliphatic hydroxyl groups is 1. The molecule has 1 aromatic rings. The van der Waals surface area contributed by atoms with Crippen molar-refractivity contribution in [1.82, 2.24) is 4.90 Å². The lowest BCUT2D eigenvalue weighted by Crippen LogP contribution is -2.55. The van der Waals surface area contributed by atoms with Crippen LogP contribution in [0.15, 0.2) is 18.2 Å². The molecule has 122 valence electrons. The Kier molecular flexibility index (Phi) is 4.39. The summed E-state index contributed by atoms with van der Waals surface area (Å²) in [6.07, 6.45) is 3.58. The molecule has 1 aliphatic carbocycles. The van der Waals surface area contributed by atoms with Crippen molar-refractivity contribution < 1.29 is 14.6 Å². The van der Waals surface area contributed by atoms with E-state index in [1.165, 1.54) is 6.07 Å². The highest BCUT2D eigenvalue weighted by atomic mass is 19.1. The molecule has 0 bridgehead atoms. The predicted molar refractivity (Wildman–Crippen MR) is 83.2 cm³/mol. The van der Waals surface area contributed by atoms with Gasteiger partial charge in [0.15, 0.2) is 0 Å². The molecule has 1 aromatic carbocycles. The third kappa shape index (κ3) is 3.42. The minimum atomic E-state index is -0.601. The quantitative estimate of drug-likeness (QED) is 0.793. The first kappa shape index (κ1) is 15.7. The van der Waals surface area contributed by atoms with Crippen molar-refractivity contribution in [1.29, 1.82) is 0 Å². The van der Waals surface area contributed by atoms with E-state index < -0.39 is 11.4 Å². The molecule has 1 atom stereocenters. The Balaban J connectivity index is 1.62. The molecule has 0 amide bonds. The monoisotopic (exact) mass is 308 g/mol. The van der Waals surface area contributed by atoms with Crippen molar-refractivity contribution in [3.8, 4) is 5.75 Å². The molecule has 2 aliphatic rings. The Morgan fingerprint density at radius 2 is 2.09 bits per heavy atom. The first-order valence-corrected chi connectivity index (χ1v) is 8.12. The van der Waals surface area contributed by atoms with Crippen molar-refractivity contribution >= 4 is 0 Å². The predicted octanol–water partition coefficient (Wildman–Crippen LogP) is 1.81. The second-order valence-corrected chi connectivity index (χ2v) is 7.05. The minimum absolute atomic E-state index is 0.0180. The van der Waals surface area contributed by atoms with Gasteiger partial charge in [-0.15, -0.1) is 0 Å². The fourth-order valence-electron chi connectivity index (χ4n) is 4.03. The van der Waals surface area contributed by atoms with Crippen LogP contribution < -0.4 is 5.73 Å². The number of nitrogens with zero attached hydrogens (tertiary/aromatic N) is 1. The first-order valence-electron chi connectivity index (χ1n) is 8.12. The van der Waals surface area contributed by atoms with Gasteiger partial charge in [-0.05, 0) is 68.3 Å². The molecule has 1 saturated carbocycles. The number of halogens is 1. The fourth-order valence-corrected chi connectivity index (χ4v) is 4.03. The van der Waals surface area contributed by atoms with Crippen LogP contribution in [0, 0.1) is 11.7 Å². The second kappa shape index (κ2) is 6.14. The van der Waals surface area contributed by atoms with Crippen LogP contribution in [0.3, 0.4) is 0 Å². The van der Waals surface area contributed by atoms with E-state index in [1.54, 1.807) is 6.07 Å². The van der Waals surface area contributed by atoms with Gasteiger partial charge in [0.05, 0.1) is 5.60 Å². The van der Waals surface area contributed by atoms with E-state index in [4.69, 9.17) is 5.73 Å². The molecule has 2 fully saturated rings. The van der Waals surface area contributed by atoms with Gasteiger partial charge in [-0.3, -0.25) is 4.90 Å². The molecular formula is C17H25FN2O2. The van der Waals surface area contributed by atoms with Crippen LogP contribution >= 0.6 is 0 Å². The van der Waals surface area contributed by atoms with Gasteiger partial charge in [-0.25, -0.2) is 4.39 Å². The summed E-state index contributed by atoms with van der Waals surface area (Å²) < 4.78 is 13.5. The number of phenols is 1. The van der Waals surface area contributed by atoms with Crippen LogP contribution in [0.5, 0.6) is 5.75 Å². The second-order valence-electron chi connectivity index (χ2n) is 7.05. The van der Waals surface area contributed by atoms with Crippen molar-refractivity contribution in [3.05, 3.63) is 29.6 Å². The average molecular weight is 308 g/mol. The normalized spacial score (nSPS) is 32.7. The van der Waals surface area contributed by atoms with E-state index in [-0.39, 0.29) is 11.7 Å². The summed E-state index contributed by atoms with van der Waals surface area (Å²) in [7, 11) is 0. The van der Waals surface area contributed by atoms with Gasteiger partial charge in [0.2, 0.25) is 0 Å². The van der Waals surface area contributed by atoms with Crippen molar-refractivity contribution in [3.63, 3.8) is 0 Å². The molecule has 4 nitrogen and oxygen atoms in total. The van der Waals surface area contributed by atoms with Crippen LogP contribution in [-0.4, -0.2) is 46.9 Å². The Morgan fingerprint density at radius 3 is 2.77 bits per heavy atom. The smallest absolute Gasteiger partial charge is 0.127 e. The molecule has 0 aromatic heterocycles. The number of piperidine rings is 1. The highest BCUT2D eigenvalue weighted by Crippen LogP contribution is 2.39. The third-order valence-corrected chi connectivity index (χ3v) is 5.07. The van der Waals surface area contributed by atoms with Gasteiger partial charge in [0.25, 0.3) is 0 Å². The molecule has 1 heterocycles. The summed E-state index contributed by atoms with van der Waals surface area (Å²) in [5.41, 5.74) is 5.88. The molecule has 1 saturated heterocycles. The lowest BCUT2D eigenvalue weighted by Gasteiger charge is -2.47. The Morgan fingerprint density at radius 1 is 1.32 bits per heavy atom. The highest BCUT2D eigenvalue weighted by Gasteiger charge is 2.43. The van der Waals surface area contributed by atoms with Gasteiger partial charge in [-0.2, -0.15) is 0 Å². The third-order valence-electron chi connectivity index (χ3n) is 5.07. The number of β-amino-alcohol motifs (C(OH)–C–C–N with tert-alkyl or cyclic N) is 1. The molecule has 1 aliphatic heterocycles. The number of benzene rings is 1. The molecule has 5 heteroatoms. The summed E-state index contributed by atoms with van der Waals surface area (Å²) in [5, 5.41) is 20.1. The molecule has 4 N–H and O–H groups in total. The first-order chi connectivity index (χ1) is 10.5. The van der Waals surface area contributed by atoms with Gasteiger partial charge in [-0.1, -0.05) is 0 Å². The van der Waals surface area contributed by atoms with Gasteiger partial charge >= 0.3 is 0 Å². The van der Waals surface area contributed by atoms with Gasteiger partial charge < -0.3 is 15.9 Å². The number of nitrogens with two attached hydrogens (primary N) is 1. The zero-order chi connectivity index (χ0) is 15.7. The maximum absolute atomic E-state index is 13.5. The topological polar surface area (TPSA) is 69.7 Å². The molecule has 0 spiro atoms. The molecule has 0 radical (unpaired) electrons. The number of hydrogen-bond acceptors (Lipinski definition) is 4. The summed E-state index contributed by atoms with van der Waals surface area (Å²) in [6.45, 7) is 3.08. The largest absolute Gasteiger partial charge is 0.508 e. The molecule has 3 rings (SSSR count). The number of aromatic hydroxyl groups is 1. The zero-order valence-corrected chi connectivity index (χ0v) is 12.8. The molecular weight excluding hydrogens is 283 g/mol. The van der Waals surface area contributed by atoms with Crippen LogP contribution in [0.4, 0.5) is 4.39 Å². The lowest BCUT2D eigenvalue weighted by atomic mass is 9.70. The maximum Gasteiger partial charge on any atom is 0.127 e. The van der Waals surface area contributed by atoms with E-state index in [0.29, 0.717) is 19.0 Å². The maximum atomic E-state index is 13.5. The SMILES string of the molecule is NCC1CC(O)(CN2CCCC(c3cc(O)cc(F)c3)C2)C1. The number of phenolic OH excluding ortho intramolecular Hbond substituents is 1.